The fourth-order valence-corrected chi connectivity index (χ4v) is 1.43. The minimum atomic E-state index is -0.0861. The number of rotatable bonds is 6. The third-order valence-corrected chi connectivity index (χ3v) is 2.47. The molecule has 0 radical (unpaired) electrons. The van der Waals surface area contributed by atoms with Crippen LogP contribution in [-0.2, 0) is 0 Å². The maximum Gasteiger partial charge on any atom is 0.274 e. The van der Waals surface area contributed by atoms with E-state index in [-0.39, 0.29) is 5.91 Å². The van der Waals surface area contributed by atoms with Crippen LogP contribution in [0, 0.1) is 0 Å². The summed E-state index contributed by atoms with van der Waals surface area (Å²) >= 11 is 0. The third-order valence-electron chi connectivity index (χ3n) is 2.47. The summed E-state index contributed by atoms with van der Waals surface area (Å²) in [6, 6.07) is 0. The van der Waals surface area contributed by atoms with Crippen LogP contribution in [0.5, 0.6) is 0 Å². The molecule has 1 aromatic rings. The van der Waals surface area contributed by atoms with Crippen LogP contribution in [0.15, 0.2) is 12.4 Å². The molecule has 0 fully saturated rings. The molecule has 0 atom stereocenters. The van der Waals surface area contributed by atoms with Crippen molar-refractivity contribution in [2.45, 2.75) is 26.7 Å². The van der Waals surface area contributed by atoms with E-state index < -0.39 is 0 Å². The fourth-order valence-electron chi connectivity index (χ4n) is 1.43. The molecule has 17 heavy (non-hydrogen) atoms. The van der Waals surface area contributed by atoms with Gasteiger partial charge in [-0.1, -0.05) is 13.3 Å². The van der Waals surface area contributed by atoms with Gasteiger partial charge in [-0.05, 0) is 13.3 Å². The highest BCUT2D eigenvalue weighted by molar-refractivity contribution is 5.92. The molecule has 0 aromatic carbocycles. The number of nitrogen functional groups attached to an aromatic ring is 1. The molecule has 0 saturated carbocycles. The highest BCUT2D eigenvalue weighted by atomic mass is 16.2. The van der Waals surface area contributed by atoms with Crippen LogP contribution in [0.4, 0.5) is 5.82 Å². The number of nitrogens with two attached hydrogens (primary N) is 1. The molecule has 0 aliphatic heterocycles. The zero-order chi connectivity index (χ0) is 12.7. The number of carbonyl (C=O) groups is 1. The Morgan fingerprint density at radius 1 is 1.41 bits per heavy atom. The molecule has 0 spiro atoms. The van der Waals surface area contributed by atoms with E-state index in [4.69, 9.17) is 5.84 Å². The molecule has 94 valence electrons. The van der Waals surface area contributed by atoms with Crippen molar-refractivity contribution in [1.82, 2.24) is 14.9 Å². The Labute approximate surface area is 101 Å². The molecule has 0 aliphatic rings. The van der Waals surface area contributed by atoms with Gasteiger partial charge in [-0.3, -0.25) is 4.79 Å². The third kappa shape index (κ3) is 3.67. The lowest BCUT2D eigenvalue weighted by atomic mass is 10.3. The van der Waals surface area contributed by atoms with Gasteiger partial charge >= 0.3 is 0 Å². The van der Waals surface area contributed by atoms with Gasteiger partial charge in [0.25, 0.3) is 5.91 Å². The van der Waals surface area contributed by atoms with E-state index in [9.17, 15) is 4.79 Å². The van der Waals surface area contributed by atoms with Crippen molar-refractivity contribution in [2.75, 3.05) is 18.5 Å². The van der Waals surface area contributed by atoms with E-state index in [1.807, 2.05) is 6.92 Å². The van der Waals surface area contributed by atoms with Crippen LogP contribution in [-0.4, -0.2) is 33.9 Å². The van der Waals surface area contributed by atoms with Gasteiger partial charge in [0.15, 0.2) is 5.82 Å². The Balaban J connectivity index is 2.71. The van der Waals surface area contributed by atoms with Crippen molar-refractivity contribution in [1.29, 1.82) is 0 Å². The highest BCUT2D eigenvalue weighted by Crippen LogP contribution is 2.04. The van der Waals surface area contributed by atoms with Gasteiger partial charge in [-0.25, -0.2) is 15.8 Å². The van der Waals surface area contributed by atoms with E-state index in [0.29, 0.717) is 18.1 Å². The number of hydrogen-bond donors (Lipinski definition) is 2. The smallest absolute Gasteiger partial charge is 0.274 e. The molecule has 0 saturated heterocycles. The van der Waals surface area contributed by atoms with Gasteiger partial charge in [-0.2, -0.15) is 0 Å². The predicted octanol–water partition coefficient (Wildman–Crippen LogP) is 1.02. The zero-order valence-electron chi connectivity index (χ0n) is 10.3. The number of amides is 1. The number of carbonyl (C=O) groups excluding carboxylic acids is 1. The normalized spacial score (nSPS) is 10.1. The molecule has 0 unspecified atom stereocenters. The van der Waals surface area contributed by atoms with Gasteiger partial charge in [0, 0.05) is 13.1 Å². The Morgan fingerprint density at radius 3 is 2.65 bits per heavy atom. The van der Waals surface area contributed by atoms with Crippen molar-refractivity contribution >= 4 is 11.7 Å². The van der Waals surface area contributed by atoms with Gasteiger partial charge < -0.3 is 10.3 Å². The van der Waals surface area contributed by atoms with Crippen LogP contribution in [0.25, 0.3) is 0 Å². The first-order valence-corrected chi connectivity index (χ1v) is 5.80. The Hall–Kier alpha value is -1.69. The number of nitrogens with one attached hydrogen (secondary N) is 1. The second-order valence-electron chi connectivity index (χ2n) is 3.67. The van der Waals surface area contributed by atoms with E-state index >= 15 is 0 Å². The maximum atomic E-state index is 12.1. The fraction of sp³-hybridized carbons (Fsp3) is 0.545. The minimum absolute atomic E-state index is 0.0861. The van der Waals surface area contributed by atoms with Crippen LogP contribution >= 0.6 is 0 Å². The topological polar surface area (TPSA) is 84.1 Å². The summed E-state index contributed by atoms with van der Waals surface area (Å²) in [6.45, 7) is 5.48. The molecule has 6 nitrogen and oxygen atoms in total. The van der Waals surface area contributed by atoms with Crippen LogP contribution in [0.1, 0.15) is 37.2 Å². The first-order chi connectivity index (χ1) is 8.22. The number of nitrogens with zero attached hydrogens (tertiary/aromatic N) is 3. The number of anilines is 1. The zero-order valence-corrected chi connectivity index (χ0v) is 10.3. The quantitative estimate of drug-likeness (QED) is 0.570. The Bertz CT molecular complexity index is 351. The average Bonchev–Trinajstić information content (AvgIpc) is 2.39. The Morgan fingerprint density at radius 2 is 2.18 bits per heavy atom. The predicted molar refractivity (Wildman–Crippen MR) is 66.3 cm³/mol. The van der Waals surface area contributed by atoms with E-state index in [1.54, 1.807) is 4.90 Å². The van der Waals surface area contributed by atoms with Crippen molar-refractivity contribution < 1.29 is 4.79 Å². The second kappa shape index (κ2) is 6.80. The molecule has 1 rings (SSSR count). The molecule has 3 N–H and O–H groups in total. The summed E-state index contributed by atoms with van der Waals surface area (Å²) in [5.41, 5.74) is 2.72. The lowest BCUT2D eigenvalue weighted by Crippen LogP contribution is -2.32. The average molecular weight is 237 g/mol. The van der Waals surface area contributed by atoms with Crippen molar-refractivity contribution in [2.24, 2.45) is 5.84 Å². The summed E-state index contributed by atoms with van der Waals surface area (Å²) in [5, 5.41) is 0. The van der Waals surface area contributed by atoms with Gasteiger partial charge in [-0.15, -0.1) is 0 Å². The monoisotopic (exact) mass is 237 g/mol. The summed E-state index contributed by atoms with van der Waals surface area (Å²) in [7, 11) is 0. The summed E-state index contributed by atoms with van der Waals surface area (Å²) in [5.74, 6) is 5.54. The van der Waals surface area contributed by atoms with Crippen molar-refractivity contribution in [3.05, 3.63) is 18.1 Å². The molecule has 1 amide bonds. The number of unbranched alkanes of at least 4 members (excludes halogenated alkanes) is 1. The molecule has 6 heteroatoms. The van der Waals surface area contributed by atoms with E-state index in [2.05, 4.69) is 22.3 Å². The van der Waals surface area contributed by atoms with Gasteiger partial charge in [0.2, 0.25) is 0 Å². The SMILES string of the molecule is CCCCN(CC)C(=O)c1cnc(NN)cn1. The number of aromatic nitrogens is 2. The lowest BCUT2D eigenvalue weighted by molar-refractivity contribution is 0.0756. The summed E-state index contributed by atoms with van der Waals surface area (Å²) < 4.78 is 0. The van der Waals surface area contributed by atoms with Gasteiger partial charge in [0.1, 0.15) is 5.69 Å². The molecular weight excluding hydrogens is 218 g/mol. The molecule has 1 aromatic heterocycles. The van der Waals surface area contributed by atoms with Crippen LogP contribution < -0.4 is 11.3 Å². The Kier molecular flexibility index (Phi) is 5.35. The first-order valence-electron chi connectivity index (χ1n) is 5.80. The lowest BCUT2D eigenvalue weighted by Gasteiger charge is -2.19. The molecule has 1 heterocycles. The largest absolute Gasteiger partial charge is 0.338 e. The molecule has 0 aliphatic carbocycles. The molecule has 0 bridgehead atoms. The summed E-state index contributed by atoms with van der Waals surface area (Å²) in [4.78, 5) is 21.8. The first kappa shape index (κ1) is 13.4. The van der Waals surface area contributed by atoms with Gasteiger partial charge in [0.05, 0.1) is 12.4 Å². The molecular formula is C11H19N5O. The van der Waals surface area contributed by atoms with Crippen molar-refractivity contribution in [3.63, 3.8) is 0 Å². The van der Waals surface area contributed by atoms with Crippen LogP contribution in [0.2, 0.25) is 0 Å². The standard InChI is InChI=1S/C11H19N5O/c1-3-5-6-16(4-2)11(17)9-7-14-10(15-12)8-13-9/h7-8H,3-6,12H2,1-2H3,(H,14,15). The minimum Gasteiger partial charge on any atom is -0.338 e. The number of hydrogen-bond acceptors (Lipinski definition) is 5. The van der Waals surface area contributed by atoms with Crippen molar-refractivity contribution in [3.8, 4) is 0 Å². The maximum absolute atomic E-state index is 12.1. The van der Waals surface area contributed by atoms with E-state index in [0.717, 1.165) is 19.4 Å². The summed E-state index contributed by atoms with van der Waals surface area (Å²) in [6.07, 6.45) is 4.94. The highest BCUT2D eigenvalue weighted by Gasteiger charge is 2.15. The number of hydrazine groups is 1. The van der Waals surface area contributed by atoms with Crippen LogP contribution in [0.3, 0.4) is 0 Å². The van der Waals surface area contributed by atoms with E-state index in [1.165, 1.54) is 12.4 Å². The second-order valence-corrected chi connectivity index (χ2v) is 3.67.